The molecule has 3 nitrogen and oxygen atoms in total. The molecule has 0 aliphatic heterocycles. The lowest BCUT2D eigenvalue weighted by molar-refractivity contribution is -0.148. The topological polar surface area (TPSA) is 63.3 Å². The second kappa shape index (κ2) is 4.57. The van der Waals surface area contributed by atoms with Gasteiger partial charge in [0, 0.05) is 11.4 Å². The van der Waals surface area contributed by atoms with E-state index < -0.39 is 11.4 Å². The van der Waals surface area contributed by atoms with Crippen molar-refractivity contribution in [1.29, 1.82) is 0 Å². The van der Waals surface area contributed by atoms with Gasteiger partial charge in [-0.25, -0.2) is 0 Å². The maximum absolute atomic E-state index is 11.1. The Morgan fingerprint density at radius 3 is 2.79 bits per heavy atom. The number of hydrogen-bond donors (Lipinski definition) is 2. The van der Waals surface area contributed by atoms with Crippen molar-refractivity contribution in [1.82, 2.24) is 0 Å². The number of nitrogens with two attached hydrogens (primary N) is 1. The van der Waals surface area contributed by atoms with Crippen LogP contribution in [0.1, 0.15) is 18.2 Å². The molecule has 78 valence electrons. The predicted octanol–water partition coefficient (Wildman–Crippen LogP) is 1.73. The monoisotopic (exact) mass is 213 g/mol. The Balaban J connectivity index is 2.83. The molecule has 0 bridgehead atoms. The van der Waals surface area contributed by atoms with E-state index in [9.17, 15) is 4.79 Å². The van der Waals surface area contributed by atoms with Crippen molar-refractivity contribution < 1.29 is 9.90 Å². The van der Waals surface area contributed by atoms with Crippen LogP contribution < -0.4 is 5.73 Å². The van der Waals surface area contributed by atoms with Gasteiger partial charge in [-0.15, -0.1) is 11.3 Å². The Labute approximate surface area is 87.6 Å². The summed E-state index contributed by atoms with van der Waals surface area (Å²) in [5.74, 6) is -0.795. The highest BCUT2D eigenvalue weighted by atomic mass is 32.1. The van der Waals surface area contributed by atoms with Crippen molar-refractivity contribution >= 4 is 17.3 Å². The molecule has 0 saturated heterocycles. The van der Waals surface area contributed by atoms with Crippen molar-refractivity contribution in [3.8, 4) is 0 Å². The molecule has 0 amide bonds. The van der Waals surface area contributed by atoms with Crippen LogP contribution in [0.2, 0.25) is 0 Å². The highest BCUT2D eigenvalue weighted by Crippen LogP contribution is 2.28. The zero-order valence-corrected chi connectivity index (χ0v) is 9.01. The summed E-state index contributed by atoms with van der Waals surface area (Å²) < 4.78 is 0. The molecule has 0 saturated carbocycles. The van der Waals surface area contributed by atoms with Crippen LogP contribution in [0.25, 0.3) is 0 Å². The summed E-state index contributed by atoms with van der Waals surface area (Å²) >= 11 is 1.58. The van der Waals surface area contributed by atoms with Crippen LogP contribution in [0.3, 0.4) is 0 Å². The van der Waals surface area contributed by atoms with Crippen molar-refractivity contribution in [3.63, 3.8) is 0 Å². The van der Waals surface area contributed by atoms with Crippen LogP contribution in [-0.4, -0.2) is 17.6 Å². The maximum Gasteiger partial charge on any atom is 0.311 e. The third-order valence-electron chi connectivity index (χ3n) is 2.61. The van der Waals surface area contributed by atoms with Gasteiger partial charge < -0.3 is 10.8 Å². The molecule has 1 aromatic heterocycles. The summed E-state index contributed by atoms with van der Waals surface area (Å²) in [6.07, 6.45) is 1.10. The molecule has 0 fully saturated rings. The smallest absolute Gasteiger partial charge is 0.311 e. The number of thiophene rings is 1. The first kappa shape index (κ1) is 11.2. The Morgan fingerprint density at radius 1 is 1.71 bits per heavy atom. The molecular formula is C10H15NO2S. The second-order valence-electron chi connectivity index (χ2n) is 3.40. The standard InChI is InChI=1S/C10H15NO2S/c1-2-10(7-11,9(12)13)6-8-4-3-5-14-8/h3-5H,2,6-7,11H2,1H3,(H,12,13). The number of rotatable bonds is 5. The van der Waals surface area contributed by atoms with E-state index in [2.05, 4.69) is 0 Å². The predicted molar refractivity (Wildman–Crippen MR) is 57.4 cm³/mol. The lowest BCUT2D eigenvalue weighted by Gasteiger charge is -2.25. The highest BCUT2D eigenvalue weighted by molar-refractivity contribution is 7.09. The van der Waals surface area contributed by atoms with Gasteiger partial charge in [-0.05, 0) is 24.3 Å². The second-order valence-corrected chi connectivity index (χ2v) is 4.43. The van der Waals surface area contributed by atoms with Gasteiger partial charge in [-0.3, -0.25) is 4.79 Å². The summed E-state index contributed by atoms with van der Waals surface area (Å²) in [4.78, 5) is 12.2. The molecule has 0 aliphatic carbocycles. The number of aliphatic carboxylic acids is 1. The van der Waals surface area contributed by atoms with Crippen LogP contribution in [0, 0.1) is 5.41 Å². The van der Waals surface area contributed by atoms with Gasteiger partial charge in [-0.2, -0.15) is 0 Å². The average Bonchev–Trinajstić information content (AvgIpc) is 2.66. The summed E-state index contributed by atoms with van der Waals surface area (Å²) in [7, 11) is 0. The van der Waals surface area contributed by atoms with E-state index >= 15 is 0 Å². The van der Waals surface area contributed by atoms with Gasteiger partial charge in [0.2, 0.25) is 0 Å². The Morgan fingerprint density at radius 2 is 2.43 bits per heavy atom. The van der Waals surface area contributed by atoms with E-state index in [0.29, 0.717) is 12.8 Å². The summed E-state index contributed by atoms with van der Waals surface area (Å²) in [5, 5.41) is 11.1. The first-order chi connectivity index (χ1) is 6.64. The average molecular weight is 213 g/mol. The number of hydrogen-bond acceptors (Lipinski definition) is 3. The third kappa shape index (κ3) is 2.13. The Bertz CT molecular complexity index is 291. The summed E-state index contributed by atoms with van der Waals surface area (Å²) in [6.45, 7) is 2.06. The molecule has 4 heteroatoms. The number of carboxylic acids is 1. The summed E-state index contributed by atoms with van der Waals surface area (Å²) in [6, 6.07) is 3.88. The van der Waals surface area contributed by atoms with Crippen LogP contribution >= 0.6 is 11.3 Å². The first-order valence-electron chi connectivity index (χ1n) is 4.60. The van der Waals surface area contributed by atoms with Gasteiger partial charge in [0.1, 0.15) is 0 Å². The molecule has 0 radical (unpaired) electrons. The maximum atomic E-state index is 11.1. The van der Waals surface area contributed by atoms with E-state index in [1.165, 1.54) is 0 Å². The van der Waals surface area contributed by atoms with Gasteiger partial charge in [-0.1, -0.05) is 13.0 Å². The molecule has 14 heavy (non-hydrogen) atoms. The minimum absolute atomic E-state index is 0.191. The quantitative estimate of drug-likeness (QED) is 0.783. The third-order valence-corrected chi connectivity index (χ3v) is 3.49. The van der Waals surface area contributed by atoms with Crippen LogP contribution in [0.4, 0.5) is 0 Å². The Kier molecular flexibility index (Phi) is 3.66. The fourth-order valence-corrected chi connectivity index (χ4v) is 2.25. The van der Waals surface area contributed by atoms with Crippen molar-refractivity contribution in [2.45, 2.75) is 19.8 Å². The summed E-state index contributed by atoms with van der Waals surface area (Å²) in [5.41, 5.74) is 4.77. The Hall–Kier alpha value is -0.870. The zero-order chi connectivity index (χ0) is 10.6. The molecular weight excluding hydrogens is 198 g/mol. The van der Waals surface area contributed by atoms with E-state index in [0.717, 1.165) is 4.88 Å². The van der Waals surface area contributed by atoms with Crippen molar-refractivity contribution in [3.05, 3.63) is 22.4 Å². The molecule has 1 rings (SSSR count). The van der Waals surface area contributed by atoms with Crippen molar-refractivity contribution in [2.75, 3.05) is 6.54 Å². The lowest BCUT2D eigenvalue weighted by atomic mass is 9.81. The minimum atomic E-state index is -0.795. The first-order valence-corrected chi connectivity index (χ1v) is 5.48. The number of carbonyl (C=O) groups is 1. The molecule has 1 unspecified atom stereocenters. The van der Waals surface area contributed by atoms with E-state index in [-0.39, 0.29) is 6.54 Å². The van der Waals surface area contributed by atoms with Gasteiger partial charge in [0.25, 0.3) is 0 Å². The highest BCUT2D eigenvalue weighted by Gasteiger charge is 2.35. The fraction of sp³-hybridized carbons (Fsp3) is 0.500. The van der Waals surface area contributed by atoms with E-state index in [1.54, 1.807) is 11.3 Å². The molecule has 0 aromatic carbocycles. The minimum Gasteiger partial charge on any atom is -0.481 e. The normalized spacial score (nSPS) is 15.0. The molecule has 0 spiro atoms. The van der Waals surface area contributed by atoms with Crippen LogP contribution in [0.15, 0.2) is 17.5 Å². The lowest BCUT2D eigenvalue weighted by Crippen LogP contribution is -2.39. The zero-order valence-electron chi connectivity index (χ0n) is 8.19. The largest absolute Gasteiger partial charge is 0.481 e. The molecule has 1 atom stereocenters. The SMILES string of the molecule is CCC(CN)(Cc1cccs1)C(=O)O. The van der Waals surface area contributed by atoms with Crippen molar-refractivity contribution in [2.24, 2.45) is 11.1 Å². The molecule has 3 N–H and O–H groups in total. The molecule has 0 aliphatic rings. The van der Waals surface area contributed by atoms with Gasteiger partial charge >= 0.3 is 5.97 Å². The molecule has 1 heterocycles. The van der Waals surface area contributed by atoms with Crippen LogP contribution in [-0.2, 0) is 11.2 Å². The van der Waals surface area contributed by atoms with Crippen LogP contribution in [0.5, 0.6) is 0 Å². The fourth-order valence-electron chi connectivity index (χ4n) is 1.40. The van der Waals surface area contributed by atoms with E-state index in [4.69, 9.17) is 10.8 Å². The van der Waals surface area contributed by atoms with E-state index in [1.807, 2.05) is 24.4 Å². The molecule has 1 aromatic rings. The van der Waals surface area contributed by atoms with Gasteiger partial charge in [0.05, 0.1) is 5.41 Å². The van der Waals surface area contributed by atoms with Gasteiger partial charge in [0.15, 0.2) is 0 Å². The number of carboxylic acid groups (broad SMARTS) is 1.